The molecule has 0 bridgehead atoms. The van der Waals surface area contributed by atoms with Gasteiger partial charge in [0.25, 0.3) is 0 Å². The van der Waals surface area contributed by atoms with Crippen LogP contribution in [0.2, 0.25) is 5.02 Å². The van der Waals surface area contributed by atoms with Crippen molar-refractivity contribution in [2.45, 2.75) is 6.42 Å². The largest absolute Gasteiger partial charge is 0.395 e. The van der Waals surface area contributed by atoms with Crippen molar-refractivity contribution in [2.24, 2.45) is 0 Å². The molecule has 0 radical (unpaired) electrons. The second-order valence-corrected chi connectivity index (χ2v) is 4.09. The maximum Gasteiger partial charge on any atom is 0.227 e. The summed E-state index contributed by atoms with van der Waals surface area (Å²) in [4.78, 5) is 13.5. The normalized spacial score (nSPS) is 10.0. The SMILES string of the molecule is C=CCN(CCO)C(=O)Cc1ccc(Cl)cc1. The Balaban J connectivity index is 2.62. The summed E-state index contributed by atoms with van der Waals surface area (Å²) in [5, 5.41) is 9.52. The van der Waals surface area contributed by atoms with E-state index >= 15 is 0 Å². The van der Waals surface area contributed by atoms with Crippen LogP contribution in [0.3, 0.4) is 0 Å². The first kappa shape index (κ1) is 13.7. The number of benzene rings is 1. The number of carbonyl (C=O) groups excluding carboxylic acids is 1. The third-order valence-electron chi connectivity index (χ3n) is 2.34. The molecule has 4 heteroatoms. The van der Waals surface area contributed by atoms with Gasteiger partial charge >= 0.3 is 0 Å². The van der Waals surface area contributed by atoms with Gasteiger partial charge in [0.15, 0.2) is 0 Å². The molecule has 1 amide bonds. The number of amides is 1. The van der Waals surface area contributed by atoms with E-state index in [0.717, 1.165) is 5.56 Å². The lowest BCUT2D eigenvalue weighted by molar-refractivity contribution is -0.130. The Hall–Kier alpha value is -1.32. The molecule has 0 spiro atoms. The number of halogens is 1. The van der Waals surface area contributed by atoms with Crippen molar-refractivity contribution in [2.75, 3.05) is 19.7 Å². The smallest absolute Gasteiger partial charge is 0.227 e. The predicted octanol–water partition coefficient (Wildman–Crippen LogP) is 1.89. The minimum Gasteiger partial charge on any atom is -0.395 e. The molecule has 0 fully saturated rings. The van der Waals surface area contributed by atoms with Gasteiger partial charge in [-0.15, -0.1) is 6.58 Å². The van der Waals surface area contributed by atoms with E-state index in [9.17, 15) is 4.79 Å². The van der Waals surface area contributed by atoms with E-state index in [2.05, 4.69) is 6.58 Å². The lowest BCUT2D eigenvalue weighted by Gasteiger charge is -2.19. The Morgan fingerprint density at radius 3 is 2.59 bits per heavy atom. The number of nitrogens with zero attached hydrogens (tertiary/aromatic N) is 1. The third kappa shape index (κ3) is 4.59. The number of aliphatic hydroxyl groups is 1. The van der Waals surface area contributed by atoms with Gasteiger partial charge in [-0.25, -0.2) is 0 Å². The summed E-state index contributed by atoms with van der Waals surface area (Å²) in [5.41, 5.74) is 0.909. The minimum atomic E-state index is -0.0415. The highest BCUT2D eigenvalue weighted by atomic mass is 35.5. The third-order valence-corrected chi connectivity index (χ3v) is 2.59. The van der Waals surface area contributed by atoms with Crippen molar-refractivity contribution in [3.05, 3.63) is 47.5 Å². The van der Waals surface area contributed by atoms with Gasteiger partial charge in [-0.1, -0.05) is 29.8 Å². The highest BCUT2D eigenvalue weighted by Crippen LogP contribution is 2.10. The summed E-state index contributed by atoms with van der Waals surface area (Å²) in [6.07, 6.45) is 1.96. The van der Waals surface area contributed by atoms with Crippen LogP contribution in [-0.4, -0.2) is 35.6 Å². The maximum absolute atomic E-state index is 11.9. The Kier molecular flexibility index (Phi) is 5.73. The molecule has 0 aliphatic heterocycles. The van der Waals surface area contributed by atoms with Gasteiger partial charge < -0.3 is 10.0 Å². The van der Waals surface area contributed by atoms with Crippen molar-refractivity contribution in [3.63, 3.8) is 0 Å². The molecule has 0 atom stereocenters. The molecule has 0 saturated heterocycles. The highest BCUT2D eigenvalue weighted by molar-refractivity contribution is 6.30. The molecule has 17 heavy (non-hydrogen) atoms. The zero-order valence-electron chi connectivity index (χ0n) is 9.60. The topological polar surface area (TPSA) is 40.5 Å². The quantitative estimate of drug-likeness (QED) is 0.787. The van der Waals surface area contributed by atoms with Crippen molar-refractivity contribution in [3.8, 4) is 0 Å². The first-order chi connectivity index (χ1) is 8.17. The van der Waals surface area contributed by atoms with E-state index in [0.29, 0.717) is 24.5 Å². The molecule has 0 aliphatic carbocycles. The van der Waals surface area contributed by atoms with Crippen LogP contribution < -0.4 is 0 Å². The fourth-order valence-electron chi connectivity index (χ4n) is 1.48. The van der Waals surface area contributed by atoms with Gasteiger partial charge in [0, 0.05) is 18.1 Å². The number of carbonyl (C=O) groups is 1. The zero-order chi connectivity index (χ0) is 12.7. The molecule has 0 saturated carbocycles. The molecule has 92 valence electrons. The molecular weight excluding hydrogens is 238 g/mol. The van der Waals surface area contributed by atoms with Gasteiger partial charge in [-0.3, -0.25) is 4.79 Å². The summed E-state index contributed by atoms with van der Waals surface area (Å²) in [5.74, 6) is -0.0266. The van der Waals surface area contributed by atoms with E-state index in [1.807, 2.05) is 12.1 Å². The Labute approximate surface area is 106 Å². The molecular formula is C13H16ClNO2. The van der Waals surface area contributed by atoms with E-state index in [1.54, 1.807) is 23.1 Å². The molecule has 0 heterocycles. The number of rotatable bonds is 6. The van der Waals surface area contributed by atoms with E-state index < -0.39 is 0 Å². The fraction of sp³-hybridized carbons (Fsp3) is 0.308. The van der Waals surface area contributed by atoms with Gasteiger partial charge in [-0.05, 0) is 17.7 Å². The molecule has 1 rings (SSSR count). The number of hydrogen-bond donors (Lipinski definition) is 1. The molecule has 0 aliphatic rings. The summed E-state index contributed by atoms with van der Waals surface area (Å²) in [7, 11) is 0. The first-order valence-corrected chi connectivity index (χ1v) is 5.79. The Morgan fingerprint density at radius 1 is 1.41 bits per heavy atom. The van der Waals surface area contributed by atoms with Crippen LogP contribution in [0, 0.1) is 0 Å². The summed E-state index contributed by atoms with van der Waals surface area (Å²) < 4.78 is 0. The van der Waals surface area contributed by atoms with Crippen molar-refractivity contribution in [1.29, 1.82) is 0 Å². The average molecular weight is 254 g/mol. The summed E-state index contributed by atoms with van der Waals surface area (Å²) in [6.45, 7) is 4.33. The van der Waals surface area contributed by atoms with Crippen LogP contribution in [0.4, 0.5) is 0 Å². The van der Waals surface area contributed by atoms with Crippen LogP contribution in [0.25, 0.3) is 0 Å². The van der Waals surface area contributed by atoms with E-state index in [1.165, 1.54) is 0 Å². The van der Waals surface area contributed by atoms with Crippen LogP contribution in [0.15, 0.2) is 36.9 Å². The van der Waals surface area contributed by atoms with Gasteiger partial charge in [0.05, 0.1) is 13.0 Å². The standard InChI is InChI=1S/C13H16ClNO2/c1-2-7-15(8-9-16)13(17)10-11-3-5-12(14)6-4-11/h2-6,16H,1,7-10H2. The van der Waals surface area contributed by atoms with Crippen LogP contribution in [0.1, 0.15) is 5.56 Å². The summed E-state index contributed by atoms with van der Waals surface area (Å²) in [6, 6.07) is 7.17. The zero-order valence-corrected chi connectivity index (χ0v) is 10.4. The fourth-order valence-corrected chi connectivity index (χ4v) is 1.61. The van der Waals surface area contributed by atoms with Gasteiger partial charge in [0.1, 0.15) is 0 Å². The molecule has 1 N–H and O–H groups in total. The molecule has 0 aromatic heterocycles. The monoisotopic (exact) mass is 253 g/mol. The van der Waals surface area contributed by atoms with Crippen LogP contribution in [0.5, 0.6) is 0 Å². The second-order valence-electron chi connectivity index (χ2n) is 3.66. The minimum absolute atomic E-state index is 0.0266. The predicted molar refractivity (Wildman–Crippen MR) is 69.0 cm³/mol. The molecule has 1 aromatic rings. The lowest BCUT2D eigenvalue weighted by Crippen LogP contribution is -2.34. The molecule has 3 nitrogen and oxygen atoms in total. The Morgan fingerprint density at radius 2 is 2.06 bits per heavy atom. The Bertz CT molecular complexity index is 376. The second kappa shape index (κ2) is 7.09. The van der Waals surface area contributed by atoms with Gasteiger partial charge in [0.2, 0.25) is 5.91 Å². The average Bonchev–Trinajstić information content (AvgIpc) is 2.32. The van der Waals surface area contributed by atoms with Crippen molar-refractivity contribution in [1.82, 2.24) is 4.90 Å². The molecule has 0 unspecified atom stereocenters. The van der Waals surface area contributed by atoms with Gasteiger partial charge in [-0.2, -0.15) is 0 Å². The maximum atomic E-state index is 11.9. The summed E-state index contributed by atoms with van der Waals surface area (Å²) >= 11 is 5.77. The first-order valence-electron chi connectivity index (χ1n) is 5.41. The van der Waals surface area contributed by atoms with Crippen LogP contribution in [-0.2, 0) is 11.2 Å². The van der Waals surface area contributed by atoms with E-state index in [4.69, 9.17) is 16.7 Å². The van der Waals surface area contributed by atoms with Crippen molar-refractivity contribution >= 4 is 17.5 Å². The van der Waals surface area contributed by atoms with Crippen LogP contribution >= 0.6 is 11.6 Å². The van der Waals surface area contributed by atoms with E-state index in [-0.39, 0.29) is 12.5 Å². The number of hydrogen-bond acceptors (Lipinski definition) is 2. The van der Waals surface area contributed by atoms with Crippen molar-refractivity contribution < 1.29 is 9.90 Å². The lowest BCUT2D eigenvalue weighted by atomic mass is 10.1. The number of aliphatic hydroxyl groups excluding tert-OH is 1. The highest BCUT2D eigenvalue weighted by Gasteiger charge is 2.11. The molecule has 1 aromatic carbocycles.